The lowest BCUT2D eigenvalue weighted by Gasteiger charge is -2.35. The van der Waals surface area contributed by atoms with Crippen LogP contribution < -0.4 is 10.6 Å². The second-order valence-corrected chi connectivity index (χ2v) is 9.94. The molecule has 29 heavy (non-hydrogen) atoms. The maximum Gasteiger partial charge on any atom is 0.412 e. The monoisotopic (exact) mass is 405 g/mol. The maximum absolute atomic E-state index is 12.2. The van der Waals surface area contributed by atoms with E-state index in [1.54, 1.807) is 12.4 Å². The standard InChI is InChI=1S/C22H35N3O4/c1-14-10-15(12-16(11-14)24-19(26)28-21(2,3)4)17-8-9-23-13-18(17)25-20(27)29-22(5,6)7/h8-9,13-16H,10-12H2,1-7H3,(H,24,26)(H,25,27). The Morgan fingerprint density at radius 1 is 1.00 bits per heavy atom. The lowest BCUT2D eigenvalue weighted by atomic mass is 9.76. The number of nitrogens with zero attached hydrogens (tertiary/aromatic N) is 1. The third kappa shape index (κ3) is 7.91. The second-order valence-electron chi connectivity index (χ2n) is 9.94. The minimum atomic E-state index is -0.575. The van der Waals surface area contributed by atoms with Crippen LogP contribution in [0.3, 0.4) is 0 Å². The van der Waals surface area contributed by atoms with Gasteiger partial charge in [-0.05, 0) is 84.3 Å². The number of pyridine rings is 1. The van der Waals surface area contributed by atoms with Crippen LogP contribution >= 0.6 is 0 Å². The number of amides is 2. The number of hydrogen-bond donors (Lipinski definition) is 2. The van der Waals surface area contributed by atoms with E-state index < -0.39 is 23.4 Å². The van der Waals surface area contributed by atoms with Gasteiger partial charge >= 0.3 is 12.2 Å². The highest BCUT2D eigenvalue weighted by Gasteiger charge is 2.31. The molecule has 1 fully saturated rings. The number of carbonyl (C=O) groups is 2. The van der Waals surface area contributed by atoms with Crippen LogP contribution in [0, 0.1) is 5.92 Å². The van der Waals surface area contributed by atoms with E-state index in [-0.39, 0.29) is 12.0 Å². The molecule has 7 heteroatoms. The van der Waals surface area contributed by atoms with E-state index in [9.17, 15) is 9.59 Å². The topological polar surface area (TPSA) is 89.5 Å². The van der Waals surface area contributed by atoms with Crippen LogP contribution in [-0.4, -0.2) is 34.4 Å². The Morgan fingerprint density at radius 2 is 1.62 bits per heavy atom. The molecule has 2 rings (SSSR count). The molecule has 0 spiro atoms. The first-order valence-corrected chi connectivity index (χ1v) is 10.3. The van der Waals surface area contributed by atoms with Gasteiger partial charge in [0.05, 0.1) is 11.9 Å². The average Bonchev–Trinajstić information content (AvgIpc) is 2.50. The number of alkyl carbamates (subject to hydrolysis) is 1. The summed E-state index contributed by atoms with van der Waals surface area (Å²) in [7, 11) is 0. The quantitative estimate of drug-likeness (QED) is 0.719. The van der Waals surface area contributed by atoms with Gasteiger partial charge < -0.3 is 14.8 Å². The fourth-order valence-corrected chi connectivity index (χ4v) is 3.73. The molecular weight excluding hydrogens is 370 g/mol. The van der Waals surface area contributed by atoms with E-state index in [0.717, 1.165) is 24.8 Å². The van der Waals surface area contributed by atoms with Crippen molar-refractivity contribution >= 4 is 17.9 Å². The van der Waals surface area contributed by atoms with Gasteiger partial charge in [-0.25, -0.2) is 9.59 Å². The summed E-state index contributed by atoms with van der Waals surface area (Å²) in [6, 6.07) is 1.95. The number of anilines is 1. The highest BCUT2D eigenvalue weighted by atomic mass is 16.6. The molecule has 1 aliphatic rings. The molecule has 162 valence electrons. The number of nitrogens with one attached hydrogen (secondary N) is 2. The molecule has 0 radical (unpaired) electrons. The summed E-state index contributed by atoms with van der Waals surface area (Å²) in [6.07, 6.45) is 5.13. The molecular formula is C22H35N3O4. The molecule has 0 aliphatic heterocycles. The Labute approximate surface area is 173 Å². The highest BCUT2D eigenvalue weighted by molar-refractivity contribution is 5.85. The maximum atomic E-state index is 12.2. The normalized spacial score (nSPS) is 22.5. The Hall–Kier alpha value is -2.31. The van der Waals surface area contributed by atoms with E-state index in [1.807, 2.05) is 47.6 Å². The Balaban J connectivity index is 2.11. The van der Waals surface area contributed by atoms with Gasteiger partial charge in [0.2, 0.25) is 0 Å². The fourth-order valence-electron chi connectivity index (χ4n) is 3.73. The lowest BCUT2D eigenvalue weighted by molar-refractivity contribution is 0.0482. The van der Waals surface area contributed by atoms with Crippen LogP contribution in [0.25, 0.3) is 0 Å². The molecule has 1 heterocycles. The van der Waals surface area contributed by atoms with E-state index >= 15 is 0 Å². The summed E-state index contributed by atoms with van der Waals surface area (Å²) >= 11 is 0. The third-order valence-electron chi connectivity index (χ3n) is 4.59. The van der Waals surface area contributed by atoms with Crippen molar-refractivity contribution < 1.29 is 19.1 Å². The van der Waals surface area contributed by atoms with Gasteiger partial charge in [-0.3, -0.25) is 10.3 Å². The molecule has 0 bridgehead atoms. The number of ether oxygens (including phenoxy) is 2. The first-order chi connectivity index (χ1) is 13.3. The van der Waals surface area contributed by atoms with E-state index in [0.29, 0.717) is 11.6 Å². The first-order valence-electron chi connectivity index (χ1n) is 10.3. The second kappa shape index (κ2) is 9.01. The summed E-state index contributed by atoms with van der Waals surface area (Å²) in [5.41, 5.74) is 0.554. The van der Waals surface area contributed by atoms with Crippen molar-refractivity contribution in [1.82, 2.24) is 10.3 Å². The van der Waals surface area contributed by atoms with Gasteiger partial charge in [-0.1, -0.05) is 6.92 Å². The predicted octanol–water partition coefficient (Wildman–Crippen LogP) is 5.23. The first kappa shape index (κ1) is 23.0. The molecule has 1 aromatic heterocycles. The van der Waals surface area contributed by atoms with Crippen molar-refractivity contribution in [2.45, 2.75) is 90.9 Å². The van der Waals surface area contributed by atoms with Crippen LogP contribution in [-0.2, 0) is 9.47 Å². The van der Waals surface area contributed by atoms with Gasteiger partial charge in [-0.2, -0.15) is 0 Å². The number of carbonyl (C=O) groups excluding carboxylic acids is 2. The van der Waals surface area contributed by atoms with Gasteiger partial charge in [0.1, 0.15) is 11.2 Å². The molecule has 2 N–H and O–H groups in total. The van der Waals surface area contributed by atoms with Crippen LogP contribution in [0.1, 0.15) is 79.2 Å². The largest absolute Gasteiger partial charge is 0.444 e. The van der Waals surface area contributed by atoms with Crippen molar-refractivity contribution in [1.29, 1.82) is 0 Å². The zero-order valence-corrected chi connectivity index (χ0v) is 18.7. The summed E-state index contributed by atoms with van der Waals surface area (Å²) in [5.74, 6) is 0.614. The summed E-state index contributed by atoms with van der Waals surface area (Å²) in [6.45, 7) is 13.2. The summed E-state index contributed by atoms with van der Waals surface area (Å²) in [5, 5.41) is 5.84. The molecule has 3 atom stereocenters. The van der Waals surface area contributed by atoms with Gasteiger partial charge in [0.25, 0.3) is 0 Å². The number of rotatable bonds is 3. The fraction of sp³-hybridized carbons (Fsp3) is 0.682. The van der Waals surface area contributed by atoms with Crippen LogP contribution in [0.4, 0.5) is 15.3 Å². The van der Waals surface area contributed by atoms with Gasteiger partial charge in [-0.15, -0.1) is 0 Å². The van der Waals surface area contributed by atoms with E-state index in [2.05, 4.69) is 22.5 Å². The van der Waals surface area contributed by atoms with Crippen LogP contribution in [0.5, 0.6) is 0 Å². The zero-order chi connectivity index (χ0) is 21.8. The molecule has 7 nitrogen and oxygen atoms in total. The minimum Gasteiger partial charge on any atom is -0.444 e. The van der Waals surface area contributed by atoms with E-state index in [4.69, 9.17) is 9.47 Å². The van der Waals surface area contributed by atoms with Gasteiger partial charge in [0.15, 0.2) is 0 Å². The van der Waals surface area contributed by atoms with Crippen molar-refractivity contribution in [3.8, 4) is 0 Å². The van der Waals surface area contributed by atoms with Crippen molar-refractivity contribution in [2.24, 2.45) is 5.92 Å². The Morgan fingerprint density at radius 3 is 2.24 bits per heavy atom. The SMILES string of the molecule is CC1CC(NC(=O)OC(C)(C)C)CC(c2ccncc2NC(=O)OC(C)(C)C)C1. The van der Waals surface area contributed by atoms with E-state index in [1.165, 1.54) is 0 Å². The molecule has 1 saturated carbocycles. The van der Waals surface area contributed by atoms with Crippen LogP contribution in [0.15, 0.2) is 18.5 Å². The van der Waals surface area contributed by atoms with Gasteiger partial charge in [0, 0.05) is 12.2 Å². The third-order valence-corrected chi connectivity index (χ3v) is 4.59. The highest BCUT2D eigenvalue weighted by Crippen LogP contribution is 2.39. The molecule has 0 saturated heterocycles. The number of hydrogen-bond acceptors (Lipinski definition) is 5. The smallest absolute Gasteiger partial charge is 0.412 e. The predicted molar refractivity (Wildman–Crippen MR) is 113 cm³/mol. The lowest BCUT2D eigenvalue weighted by Crippen LogP contribution is -2.42. The Kier molecular flexibility index (Phi) is 7.14. The summed E-state index contributed by atoms with van der Waals surface area (Å²) < 4.78 is 10.8. The molecule has 1 aromatic rings. The molecule has 2 amide bonds. The molecule has 1 aliphatic carbocycles. The van der Waals surface area contributed by atoms with Crippen LogP contribution in [0.2, 0.25) is 0 Å². The minimum absolute atomic E-state index is 0.0149. The average molecular weight is 406 g/mol. The molecule has 0 aromatic carbocycles. The summed E-state index contributed by atoms with van der Waals surface area (Å²) in [4.78, 5) is 28.6. The number of aromatic nitrogens is 1. The Bertz CT molecular complexity index is 722. The van der Waals surface area contributed by atoms with Crippen molar-refractivity contribution in [2.75, 3.05) is 5.32 Å². The van der Waals surface area contributed by atoms with Crippen molar-refractivity contribution in [3.63, 3.8) is 0 Å². The molecule has 3 unspecified atom stereocenters. The zero-order valence-electron chi connectivity index (χ0n) is 18.7. The van der Waals surface area contributed by atoms with Crippen molar-refractivity contribution in [3.05, 3.63) is 24.0 Å².